The minimum Gasteiger partial charge on any atom is -0.496 e. The molecule has 0 aliphatic rings. The SMILES string of the molecule is COCCn1c(=NC(=O)c2c(OC)cccc2OC)sc2cccc(C)c21. The van der Waals surface area contributed by atoms with Gasteiger partial charge in [0.05, 0.1) is 31.0 Å². The monoisotopic (exact) mass is 386 g/mol. The Balaban J connectivity index is 2.19. The highest BCUT2D eigenvalue weighted by atomic mass is 32.1. The zero-order chi connectivity index (χ0) is 19.4. The quantitative estimate of drug-likeness (QED) is 0.651. The van der Waals surface area contributed by atoms with Crippen molar-refractivity contribution in [3.63, 3.8) is 0 Å². The van der Waals surface area contributed by atoms with Gasteiger partial charge in [0.2, 0.25) is 0 Å². The number of benzene rings is 2. The molecule has 27 heavy (non-hydrogen) atoms. The molecule has 0 unspecified atom stereocenters. The van der Waals surface area contributed by atoms with Gasteiger partial charge in [-0.3, -0.25) is 4.79 Å². The molecule has 0 bridgehead atoms. The number of aromatic nitrogens is 1. The second kappa shape index (κ2) is 8.37. The van der Waals surface area contributed by atoms with Crippen LogP contribution in [0.15, 0.2) is 41.4 Å². The Bertz CT molecular complexity index is 1010. The molecule has 0 saturated heterocycles. The van der Waals surface area contributed by atoms with Crippen LogP contribution in [0.2, 0.25) is 0 Å². The first-order valence-corrected chi connectivity index (χ1v) is 9.30. The Morgan fingerprint density at radius 1 is 1.07 bits per heavy atom. The van der Waals surface area contributed by atoms with Crippen LogP contribution in [-0.4, -0.2) is 38.4 Å². The lowest BCUT2D eigenvalue weighted by Gasteiger charge is -2.10. The molecule has 0 aliphatic heterocycles. The third-order valence-electron chi connectivity index (χ3n) is 4.26. The average molecular weight is 386 g/mol. The Labute approximate surface area is 161 Å². The fourth-order valence-corrected chi connectivity index (χ4v) is 4.12. The number of carbonyl (C=O) groups excluding carboxylic acids is 1. The van der Waals surface area contributed by atoms with Crippen molar-refractivity contribution in [1.82, 2.24) is 4.57 Å². The van der Waals surface area contributed by atoms with E-state index in [-0.39, 0.29) is 0 Å². The highest BCUT2D eigenvalue weighted by Gasteiger charge is 2.18. The third-order valence-corrected chi connectivity index (χ3v) is 5.30. The van der Waals surface area contributed by atoms with Crippen molar-refractivity contribution in [3.8, 4) is 11.5 Å². The number of thiazole rings is 1. The summed E-state index contributed by atoms with van der Waals surface area (Å²) >= 11 is 1.48. The van der Waals surface area contributed by atoms with Gasteiger partial charge >= 0.3 is 0 Å². The van der Waals surface area contributed by atoms with E-state index in [1.54, 1.807) is 25.3 Å². The van der Waals surface area contributed by atoms with Crippen LogP contribution >= 0.6 is 11.3 Å². The maximum absolute atomic E-state index is 13.0. The Kier molecular flexibility index (Phi) is 5.93. The number of hydrogen-bond acceptors (Lipinski definition) is 5. The molecular formula is C20H22N2O4S. The fourth-order valence-electron chi connectivity index (χ4n) is 2.99. The van der Waals surface area contributed by atoms with Crippen molar-refractivity contribution in [3.05, 3.63) is 52.3 Å². The first-order chi connectivity index (χ1) is 13.1. The van der Waals surface area contributed by atoms with E-state index in [1.807, 2.05) is 29.7 Å². The summed E-state index contributed by atoms with van der Waals surface area (Å²) in [5.74, 6) is 0.465. The van der Waals surface area contributed by atoms with Crippen molar-refractivity contribution in [1.29, 1.82) is 0 Å². The Morgan fingerprint density at radius 2 is 1.74 bits per heavy atom. The molecule has 1 aromatic heterocycles. The predicted octanol–water partition coefficient (Wildman–Crippen LogP) is 3.42. The van der Waals surface area contributed by atoms with Crippen LogP contribution in [0.4, 0.5) is 0 Å². The zero-order valence-corrected chi connectivity index (χ0v) is 16.6. The standard InChI is InChI=1S/C20H22N2O4S/c1-13-7-5-10-16-18(13)22(11-12-24-2)20(27-16)21-19(23)17-14(25-3)8-6-9-15(17)26-4/h5-10H,11-12H2,1-4H3. The van der Waals surface area contributed by atoms with Crippen molar-refractivity contribution in [2.45, 2.75) is 13.5 Å². The highest BCUT2D eigenvalue weighted by Crippen LogP contribution is 2.29. The van der Waals surface area contributed by atoms with Gasteiger partial charge in [-0.1, -0.05) is 29.5 Å². The van der Waals surface area contributed by atoms with Gasteiger partial charge in [-0.25, -0.2) is 0 Å². The maximum Gasteiger partial charge on any atom is 0.287 e. The van der Waals surface area contributed by atoms with Crippen LogP contribution in [0, 0.1) is 6.92 Å². The van der Waals surface area contributed by atoms with Gasteiger partial charge in [-0.2, -0.15) is 4.99 Å². The molecule has 0 atom stereocenters. The number of nitrogens with zero attached hydrogens (tertiary/aromatic N) is 2. The van der Waals surface area contributed by atoms with E-state index >= 15 is 0 Å². The predicted molar refractivity (Wildman–Crippen MR) is 106 cm³/mol. The highest BCUT2D eigenvalue weighted by molar-refractivity contribution is 7.16. The minimum absolute atomic E-state index is 0.315. The number of ether oxygens (including phenoxy) is 3. The maximum atomic E-state index is 13.0. The van der Waals surface area contributed by atoms with Crippen LogP contribution in [0.5, 0.6) is 11.5 Å². The molecule has 0 radical (unpaired) electrons. The number of aryl methyl sites for hydroxylation is 1. The molecular weight excluding hydrogens is 364 g/mol. The summed E-state index contributed by atoms with van der Waals surface area (Å²) < 4.78 is 19.0. The summed E-state index contributed by atoms with van der Waals surface area (Å²) in [6, 6.07) is 11.3. The summed E-state index contributed by atoms with van der Waals surface area (Å²) in [7, 11) is 4.70. The molecule has 1 heterocycles. The van der Waals surface area contributed by atoms with E-state index in [0.717, 1.165) is 15.8 Å². The summed E-state index contributed by atoms with van der Waals surface area (Å²) in [4.78, 5) is 18.0. The van der Waals surface area contributed by atoms with Gasteiger partial charge in [0.1, 0.15) is 17.1 Å². The van der Waals surface area contributed by atoms with E-state index in [4.69, 9.17) is 14.2 Å². The van der Waals surface area contributed by atoms with Crippen LogP contribution in [0.25, 0.3) is 10.2 Å². The van der Waals surface area contributed by atoms with E-state index < -0.39 is 5.91 Å². The van der Waals surface area contributed by atoms with Crippen molar-refractivity contribution in [2.24, 2.45) is 4.99 Å². The molecule has 0 spiro atoms. The van der Waals surface area contributed by atoms with Crippen molar-refractivity contribution in [2.75, 3.05) is 27.9 Å². The van der Waals surface area contributed by atoms with Gasteiger partial charge < -0.3 is 18.8 Å². The molecule has 6 nitrogen and oxygen atoms in total. The van der Waals surface area contributed by atoms with Gasteiger partial charge in [0, 0.05) is 13.7 Å². The number of amides is 1. The number of hydrogen-bond donors (Lipinski definition) is 0. The van der Waals surface area contributed by atoms with Crippen molar-refractivity contribution >= 4 is 27.5 Å². The van der Waals surface area contributed by atoms with Crippen LogP contribution in [-0.2, 0) is 11.3 Å². The summed E-state index contributed by atoms with van der Waals surface area (Å²) in [6.07, 6.45) is 0. The number of fused-ring (bicyclic) bond motifs is 1. The Morgan fingerprint density at radius 3 is 2.37 bits per heavy atom. The molecule has 3 aromatic rings. The second-order valence-electron chi connectivity index (χ2n) is 5.91. The topological polar surface area (TPSA) is 62.1 Å². The lowest BCUT2D eigenvalue weighted by atomic mass is 10.1. The molecule has 1 amide bonds. The average Bonchev–Trinajstić information content (AvgIpc) is 3.03. The molecule has 3 rings (SSSR count). The van der Waals surface area contributed by atoms with E-state index in [0.29, 0.717) is 35.0 Å². The molecule has 142 valence electrons. The van der Waals surface area contributed by atoms with Crippen LogP contribution < -0.4 is 14.3 Å². The zero-order valence-electron chi connectivity index (χ0n) is 15.8. The molecule has 0 fully saturated rings. The van der Waals surface area contributed by atoms with Crippen LogP contribution in [0.1, 0.15) is 15.9 Å². The number of para-hydroxylation sites is 1. The normalized spacial score (nSPS) is 11.8. The molecule has 0 N–H and O–H groups in total. The third kappa shape index (κ3) is 3.74. The van der Waals surface area contributed by atoms with Crippen LogP contribution in [0.3, 0.4) is 0 Å². The molecule has 0 saturated carbocycles. The smallest absolute Gasteiger partial charge is 0.287 e. The van der Waals surface area contributed by atoms with E-state index in [9.17, 15) is 4.79 Å². The lowest BCUT2D eigenvalue weighted by molar-refractivity contribution is 0.0991. The number of methoxy groups -OCH3 is 3. The number of rotatable bonds is 6. The van der Waals surface area contributed by atoms with E-state index in [1.165, 1.54) is 25.6 Å². The number of carbonyl (C=O) groups is 1. The Hall–Kier alpha value is -2.64. The van der Waals surface area contributed by atoms with E-state index in [2.05, 4.69) is 4.99 Å². The van der Waals surface area contributed by atoms with Crippen molar-refractivity contribution < 1.29 is 19.0 Å². The summed E-state index contributed by atoms with van der Waals surface area (Å²) in [5.41, 5.74) is 2.51. The fraction of sp³-hybridized carbons (Fsp3) is 0.300. The first kappa shape index (κ1) is 19.1. The lowest BCUT2D eigenvalue weighted by Crippen LogP contribution is -2.20. The summed E-state index contributed by atoms with van der Waals surface area (Å²) in [5, 5.41) is 0. The second-order valence-corrected chi connectivity index (χ2v) is 6.91. The van der Waals surface area contributed by atoms with Gasteiger partial charge in [0.25, 0.3) is 5.91 Å². The summed E-state index contributed by atoms with van der Waals surface area (Å²) in [6.45, 7) is 3.18. The first-order valence-electron chi connectivity index (χ1n) is 8.48. The largest absolute Gasteiger partial charge is 0.496 e. The molecule has 2 aromatic carbocycles. The van der Waals surface area contributed by atoms with Gasteiger partial charge in [0.15, 0.2) is 4.80 Å². The van der Waals surface area contributed by atoms with Gasteiger partial charge in [-0.15, -0.1) is 0 Å². The molecule has 7 heteroatoms. The van der Waals surface area contributed by atoms with Gasteiger partial charge in [-0.05, 0) is 30.7 Å². The molecule has 0 aliphatic carbocycles. The minimum atomic E-state index is -0.403.